The Balaban J connectivity index is 2.74. The van der Waals surface area contributed by atoms with E-state index < -0.39 is 6.10 Å². The Morgan fingerprint density at radius 3 is 2.53 bits per heavy atom. The Kier molecular flexibility index (Phi) is 4.59. The lowest BCUT2D eigenvalue weighted by Crippen LogP contribution is -2.26. The number of hydrogen-bond acceptors (Lipinski definition) is 3. The van der Waals surface area contributed by atoms with Crippen LogP contribution < -0.4 is 4.74 Å². The molecule has 15 heavy (non-hydrogen) atoms. The number of hydrogen-bond donors (Lipinski definition) is 2. The second-order valence-electron chi connectivity index (χ2n) is 3.64. The molecule has 3 heteroatoms. The molecule has 0 fully saturated rings. The standard InChI is InChI=1S/C12H18O3/c1-9(14)10(2)15-12-6-4-3-5-11(12)7-8-13/h3-6,9-10,13-14H,7-8H2,1-2H3. The van der Waals surface area contributed by atoms with Crippen LogP contribution >= 0.6 is 0 Å². The zero-order valence-electron chi connectivity index (χ0n) is 9.18. The molecule has 0 saturated heterocycles. The van der Waals surface area contributed by atoms with Gasteiger partial charge in [-0.05, 0) is 31.9 Å². The van der Waals surface area contributed by atoms with E-state index in [2.05, 4.69) is 0 Å². The van der Waals surface area contributed by atoms with Crippen molar-refractivity contribution in [3.8, 4) is 5.75 Å². The zero-order chi connectivity index (χ0) is 11.3. The molecule has 0 amide bonds. The van der Waals surface area contributed by atoms with Gasteiger partial charge in [0.1, 0.15) is 11.9 Å². The smallest absolute Gasteiger partial charge is 0.123 e. The lowest BCUT2D eigenvalue weighted by atomic mass is 10.1. The summed E-state index contributed by atoms with van der Waals surface area (Å²) in [6.07, 6.45) is -0.181. The fraction of sp³-hybridized carbons (Fsp3) is 0.500. The quantitative estimate of drug-likeness (QED) is 0.771. The molecule has 0 bridgehead atoms. The van der Waals surface area contributed by atoms with Crippen LogP contribution in [0, 0.1) is 0 Å². The monoisotopic (exact) mass is 210 g/mol. The van der Waals surface area contributed by atoms with Gasteiger partial charge in [-0.1, -0.05) is 18.2 Å². The summed E-state index contributed by atoms with van der Waals surface area (Å²) >= 11 is 0. The maximum absolute atomic E-state index is 9.33. The third-order valence-corrected chi connectivity index (χ3v) is 2.35. The lowest BCUT2D eigenvalue weighted by molar-refractivity contribution is 0.0597. The van der Waals surface area contributed by atoms with Crippen LogP contribution in [0.4, 0.5) is 0 Å². The van der Waals surface area contributed by atoms with Crippen molar-refractivity contribution < 1.29 is 14.9 Å². The van der Waals surface area contributed by atoms with Gasteiger partial charge in [0, 0.05) is 6.61 Å². The molecule has 0 radical (unpaired) electrons. The van der Waals surface area contributed by atoms with Gasteiger partial charge in [0.05, 0.1) is 6.10 Å². The normalized spacial score (nSPS) is 14.7. The predicted molar refractivity (Wildman–Crippen MR) is 59.0 cm³/mol. The molecule has 0 spiro atoms. The number of rotatable bonds is 5. The summed E-state index contributed by atoms with van der Waals surface area (Å²) in [6, 6.07) is 7.56. The summed E-state index contributed by atoms with van der Waals surface area (Å²) in [4.78, 5) is 0. The van der Waals surface area contributed by atoms with Crippen LogP contribution in [0.2, 0.25) is 0 Å². The number of aliphatic hydroxyl groups excluding tert-OH is 2. The first kappa shape index (κ1) is 12.0. The first-order valence-corrected chi connectivity index (χ1v) is 5.18. The molecule has 0 heterocycles. The van der Waals surface area contributed by atoms with Crippen molar-refractivity contribution in [2.24, 2.45) is 0 Å². The lowest BCUT2D eigenvalue weighted by Gasteiger charge is -2.19. The Labute approximate surface area is 90.3 Å². The fourth-order valence-electron chi connectivity index (χ4n) is 1.24. The van der Waals surface area contributed by atoms with E-state index in [1.807, 2.05) is 31.2 Å². The first-order chi connectivity index (χ1) is 7.15. The van der Waals surface area contributed by atoms with Crippen LogP contribution in [0.3, 0.4) is 0 Å². The van der Waals surface area contributed by atoms with Gasteiger partial charge in [0.15, 0.2) is 0 Å². The Morgan fingerprint density at radius 1 is 1.27 bits per heavy atom. The third-order valence-electron chi connectivity index (χ3n) is 2.35. The summed E-state index contributed by atoms with van der Waals surface area (Å²) in [5.74, 6) is 0.736. The van der Waals surface area contributed by atoms with E-state index in [0.717, 1.165) is 11.3 Å². The molecular formula is C12H18O3. The number of para-hydroxylation sites is 1. The van der Waals surface area contributed by atoms with Crippen LogP contribution in [0.25, 0.3) is 0 Å². The van der Waals surface area contributed by atoms with E-state index in [1.165, 1.54) is 0 Å². The van der Waals surface area contributed by atoms with Gasteiger partial charge in [0.2, 0.25) is 0 Å². The highest BCUT2D eigenvalue weighted by atomic mass is 16.5. The largest absolute Gasteiger partial charge is 0.488 e. The van der Waals surface area contributed by atoms with Gasteiger partial charge in [-0.2, -0.15) is 0 Å². The van der Waals surface area contributed by atoms with E-state index in [1.54, 1.807) is 6.92 Å². The van der Waals surface area contributed by atoms with E-state index in [4.69, 9.17) is 9.84 Å². The molecule has 2 N–H and O–H groups in total. The molecule has 3 nitrogen and oxygen atoms in total. The summed E-state index contributed by atoms with van der Waals surface area (Å²) < 4.78 is 5.60. The van der Waals surface area contributed by atoms with Crippen molar-refractivity contribution in [3.63, 3.8) is 0 Å². The second kappa shape index (κ2) is 5.73. The van der Waals surface area contributed by atoms with Crippen LogP contribution in [-0.4, -0.2) is 29.0 Å². The van der Waals surface area contributed by atoms with Gasteiger partial charge >= 0.3 is 0 Å². The molecule has 0 aromatic heterocycles. The van der Waals surface area contributed by atoms with E-state index in [9.17, 15) is 5.11 Å². The number of benzene rings is 1. The molecule has 0 aliphatic rings. The molecule has 1 aromatic rings. The van der Waals surface area contributed by atoms with Crippen molar-refractivity contribution >= 4 is 0 Å². The maximum Gasteiger partial charge on any atom is 0.123 e. The minimum atomic E-state index is -0.507. The summed E-state index contributed by atoms with van der Waals surface area (Å²) in [5, 5.41) is 18.2. The number of ether oxygens (including phenoxy) is 1. The molecule has 2 atom stereocenters. The molecule has 2 unspecified atom stereocenters. The molecule has 1 aromatic carbocycles. The van der Waals surface area contributed by atoms with Crippen LogP contribution in [0.5, 0.6) is 5.75 Å². The zero-order valence-corrected chi connectivity index (χ0v) is 9.18. The Morgan fingerprint density at radius 2 is 1.93 bits per heavy atom. The highest BCUT2D eigenvalue weighted by Gasteiger charge is 2.12. The second-order valence-corrected chi connectivity index (χ2v) is 3.64. The predicted octanol–water partition coefficient (Wildman–Crippen LogP) is 1.37. The van der Waals surface area contributed by atoms with Crippen molar-refractivity contribution in [1.29, 1.82) is 0 Å². The van der Waals surface area contributed by atoms with Gasteiger partial charge < -0.3 is 14.9 Å². The topological polar surface area (TPSA) is 49.7 Å². The average molecular weight is 210 g/mol. The molecule has 0 saturated carbocycles. The van der Waals surface area contributed by atoms with Gasteiger partial charge in [0.25, 0.3) is 0 Å². The Hall–Kier alpha value is -1.06. The summed E-state index contributed by atoms with van der Waals surface area (Å²) in [6.45, 7) is 3.61. The highest BCUT2D eigenvalue weighted by molar-refractivity contribution is 5.33. The third kappa shape index (κ3) is 3.53. The van der Waals surface area contributed by atoms with Gasteiger partial charge in [-0.3, -0.25) is 0 Å². The number of aliphatic hydroxyl groups is 2. The van der Waals surface area contributed by atoms with E-state index in [0.29, 0.717) is 6.42 Å². The molecule has 0 aliphatic heterocycles. The maximum atomic E-state index is 9.33. The van der Waals surface area contributed by atoms with Gasteiger partial charge in [-0.25, -0.2) is 0 Å². The average Bonchev–Trinajstić information content (AvgIpc) is 2.21. The van der Waals surface area contributed by atoms with Crippen molar-refractivity contribution in [3.05, 3.63) is 29.8 Å². The first-order valence-electron chi connectivity index (χ1n) is 5.18. The molecule has 1 rings (SSSR count). The summed E-state index contributed by atoms with van der Waals surface area (Å²) in [5.41, 5.74) is 0.965. The molecular weight excluding hydrogens is 192 g/mol. The van der Waals surface area contributed by atoms with Crippen molar-refractivity contribution in [1.82, 2.24) is 0 Å². The van der Waals surface area contributed by atoms with Crippen LogP contribution in [-0.2, 0) is 6.42 Å². The van der Waals surface area contributed by atoms with Crippen LogP contribution in [0.1, 0.15) is 19.4 Å². The van der Waals surface area contributed by atoms with E-state index in [-0.39, 0.29) is 12.7 Å². The Bertz CT molecular complexity index is 297. The van der Waals surface area contributed by atoms with Gasteiger partial charge in [-0.15, -0.1) is 0 Å². The summed E-state index contributed by atoms with van der Waals surface area (Å²) in [7, 11) is 0. The fourth-order valence-corrected chi connectivity index (χ4v) is 1.24. The molecule has 84 valence electrons. The highest BCUT2D eigenvalue weighted by Crippen LogP contribution is 2.20. The van der Waals surface area contributed by atoms with Crippen molar-refractivity contribution in [2.45, 2.75) is 32.5 Å². The van der Waals surface area contributed by atoms with Crippen LogP contribution in [0.15, 0.2) is 24.3 Å². The molecule has 0 aliphatic carbocycles. The SMILES string of the molecule is CC(O)C(C)Oc1ccccc1CCO. The van der Waals surface area contributed by atoms with Crippen molar-refractivity contribution in [2.75, 3.05) is 6.61 Å². The minimum absolute atomic E-state index is 0.101. The minimum Gasteiger partial charge on any atom is -0.488 e. The van der Waals surface area contributed by atoms with E-state index >= 15 is 0 Å².